The van der Waals surface area contributed by atoms with E-state index in [9.17, 15) is 0 Å². The second kappa shape index (κ2) is 15.9. The second-order valence-corrected chi connectivity index (χ2v) is 24.0. The molecule has 10 aromatic carbocycles. The molecule has 0 N–H and O–H groups in total. The van der Waals surface area contributed by atoms with Gasteiger partial charge in [0.15, 0.2) is 0 Å². The van der Waals surface area contributed by atoms with E-state index in [0.29, 0.717) is 0 Å². The molecule has 14 aromatic rings. The third-order valence-corrected chi connectivity index (χ3v) is 17.6. The summed E-state index contributed by atoms with van der Waals surface area (Å²) >= 11 is 3.75. The number of hydrogen-bond acceptors (Lipinski definition) is 2. The monoisotopic (exact) mass is 960 g/mol. The zero-order valence-electron chi connectivity index (χ0n) is 41.3. The Morgan fingerprint density at radius 3 is 1.07 bits per heavy atom. The molecule has 0 atom stereocenters. The van der Waals surface area contributed by atoms with Crippen LogP contribution in [0.2, 0.25) is 0 Å². The predicted octanol–water partition coefficient (Wildman–Crippen LogP) is 20.2. The van der Waals surface area contributed by atoms with Gasteiger partial charge >= 0.3 is 0 Å². The molecule has 0 saturated heterocycles. The van der Waals surface area contributed by atoms with Crippen LogP contribution >= 0.6 is 22.7 Å². The molecule has 4 aromatic heterocycles. The molecule has 14 rings (SSSR count). The van der Waals surface area contributed by atoms with Gasteiger partial charge in [-0.05, 0) is 171 Å². The Morgan fingerprint density at radius 1 is 0.264 bits per heavy atom. The highest BCUT2D eigenvalue weighted by Gasteiger charge is 2.22. The van der Waals surface area contributed by atoms with E-state index in [1.807, 2.05) is 22.7 Å². The first-order valence-corrected chi connectivity index (χ1v) is 26.8. The van der Waals surface area contributed by atoms with Gasteiger partial charge in [-0.1, -0.05) is 133 Å². The number of rotatable bonds is 5. The standard InChI is InChI=1S/C68H52N2S2/c1-67(2,3)47-23-29-61-54(39-47)52-34-43(18-27-59(52)69(61)49-12-8-7-9-13-49)45-21-32-65-57(37-45)58-38-46(22-33-66(58)72-65)44-19-28-60-53(35-44)55-40-48(68(4,5)6)24-30-62(55)70(60)50-25-16-41(17-26-50)42-20-31-64-56(36-42)51-14-10-11-15-63(51)71-64/h7-40H,1-6H3. The van der Waals surface area contributed by atoms with Crippen molar-refractivity contribution in [2.75, 3.05) is 0 Å². The fraction of sp³-hybridized carbons (Fsp3) is 0.118. The second-order valence-electron chi connectivity index (χ2n) is 21.8. The van der Waals surface area contributed by atoms with E-state index < -0.39 is 0 Å². The van der Waals surface area contributed by atoms with Crippen LogP contribution < -0.4 is 0 Å². The molecule has 0 aliphatic rings. The summed E-state index contributed by atoms with van der Waals surface area (Å²) < 4.78 is 10.2. The molecule has 0 aliphatic carbocycles. The van der Waals surface area contributed by atoms with Crippen LogP contribution in [0.4, 0.5) is 0 Å². The van der Waals surface area contributed by atoms with Gasteiger partial charge < -0.3 is 9.13 Å². The van der Waals surface area contributed by atoms with Crippen molar-refractivity contribution in [3.63, 3.8) is 0 Å². The minimum absolute atomic E-state index is 0.0171. The molecular weight excluding hydrogens is 909 g/mol. The number of para-hydroxylation sites is 1. The lowest BCUT2D eigenvalue weighted by atomic mass is 9.86. The average Bonchev–Trinajstić information content (AvgIpc) is 4.14. The lowest BCUT2D eigenvalue weighted by molar-refractivity contribution is 0.591. The fourth-order valence-corrected chi connectivity index (χ4v) is 13.5. The zero-order valence-corrected chi connectivity index (χ0v) is 43.0. The topological polar surface area (TPSA) is 9.86 Å². The Bertz CT molecular complexity index is 4500. The molecule has 0 amide bonds. The quantitative estimate of drug-likeness (QED) is 0.163. The Labute approximate surface area is 427 Å². The third-order valence-electron chi connectivity index (χ3n) is 15.2. The average molecular weight is 961 g/mol. The summed E-state index contributed by atoms with van der Waals surface area (Å²) in [5.74, 6) is 0. The molecular formula is C68H52N2S2. The van der Waals surface area contributed by atoms with E-state index in [0.717, 1.165) is 5.69 Å². The maximum Gasteiger partial charge on any atom is 0.0541 e. The first kappa shape index (κ1) is 43.1. The number of thiophene rings is 2. The van der Waals surface area contributed by atoms with Gasteiger partial charge in [-0.15, -0.1) is 22.7 Å². The number of fused-ring (bicyclic) bond motifs is 12. The summed E-state index contributed by atoms with van der Waals surface area (Å²) in [6, 6.07) is 78.0. The summed E-state index contributed by atoms with van der Waals surface area (Å²) in [6.45, 7) is 13.8. The Morgan fingerprint density at radius 2 is 0.597 bits per heavy atom. The van der Waals surface area contributed by atoms with Crippen molar-refractivity contribution in [1.29, 1.82) is 0 Å². The third kappa shape index (κ3) is 6.88. The molecule has 346 valence electrons. The van der Waals surface area contributed by atoms with Crippen LogP contribution in [0.3, 0.4) is 0 Å². The van der Waals surface area contributed by atoms with E-state index in [1.54, 1.807) is 0 Å². The fourth-order valence-electron chi connectivity index (χ4n) is 11.3. The van der Waals surface area contributed by atoms with E-state index in [4.69, 9.17) is 0 Å². The summed E-state index contributed by atoms with van der Waals surface area (Å²) in [6.07, 6.45) is 0. The van der Waals surface area contributed by atoms with Crippen molar-refractivity contribution in [2.24, 2.45) is 0 Å². The molecule has 0 fully saturated rings. The van der Waals surface area contributed by atoms with Crippen molar-refractivity contribution in [1.82, 2.24) is 9.13 Å². The van der Waals surface area contributed by atoms with Gasteiger partial charge in [0.2, 0.25) is 0 Å². The van der Waals surface area contributed by atoms with E-state index in [-0.39, 0.29) is 10.8 Å². The van der Waals surface area contributed by atoms with Crippen molar-refractivity contribution in [3.8, 4) is 44.8 Å². The lowest BCUT2D eigenvalue weighted by Crippen LogP contribution is -2.10. The molecule has 4 heteroatoms. The van der Waals surface area contributed by atoms with Crippen molar-refractivity contribution < 1.29 is 0 Å². The van der Waals surface area contributed by atoms with Crippen molar-refractivity contribution in [2.45, 2.75) is 52.4 Å². The minimum atomic E-state index is 0.0171. The summed E-state index contributed by atoms with van der Waals surface area (Å²) in [5, 5.41) is 10.4. The Kier molecular flexibility index (Phi) is 9.49. The van der Waals surface area contributed by atoms with Crippen molar-refractivity contribution >= 4 is 107 Å². The normalized spacial score (nSPS) is 12.6. The molecule has 0 radical (unpaired) electrons. The molecule has 0 saturated carbocycles. The smallest absolute Gasteiger partial charge is 0.0541 e. The van der Waals surface area contributed by atoms with Gasteiger partial charge in [-0.25, -0.2) is 0 Å². The molecule has 0 aliphatic heterocycles. The van der Waals surface area contributed by atoms with Gasteiger partial charge in [-0.2, -0.15) is 0 Å². The van der Waals surface area contributed by atoms with Crippen LogP contribution in [0, 0.1) is 0 Å². The van der Waals surface area contributed by atoms with Gasteiger partial charge in [0.25, 0.3) is 0 Å². The van der Waals surface area contributed by atoms with E-state index in [1.165, 1.54) is 134 Å². The maximum absolute atomic E-state index is 2.46. The highest BCUT2D eigenvalue weighted by atomic mass is 32.1. The molecule has 2 nitrogen and oxygen atoms in total. The number of benzene rings is 10. The summed E-state index contributed by atoms with van der Waals surface area (Å²) in [7, 11) is 0. The molecule has 0 spiro atoms. The van der Waals surface area contributed by atoms with Gasteiger partial charge in [0.05, 0.1) is 22.1 Å². The Balaban J connectivity index is 0.865. The van der Waals surface area contributed by atoms with Crippen LogP contribution in [0.5, 0.6) is 0 Å². The highest BCUT2D eigenvalue weighted by molar-refractivity contribution is 7.26. The van der Waals surface area contributed by atoms with Gasteiger partial charge in [0, 0.05) is 73.3 Å². The summed E-state index contributed by atoms with van der Waals surface area (Å²) in [5.41, 5.74) is 17.4. The van der Waals surface area contributed by atoms with E-state index in [2.05, 4.69) is 257 Å². The first-order valence-electron chi connectivity index (χ1n) is 25.1. The Hall–Kier alpha value is -7.76. The van der Waals surface area contributed by atoms with Crippen molar-refractivity contribution in [3.05, 3.63) is 217 Å². The first-order chi connectivity index (χ1) is 34.9. The zero-order chi connectivity index (χ0) is 48.6. The SMILES string of the molecule is CC(C)(C)c1ccc2c(c1)c1cc(-c3ccc4sc5ccc(-c6ccc7c(c6)c6cc(C(C)(C)C)ccc6n7-c6ccc(-c7ccc8sc9ccccc9c8c7)cc6)cc5c4c3)ccc1n2-c1ccccc1. The number of hydrogen-bond donors (Lipinski definition) is 0. The van der Waals surface area contributed by atoms with Crippen LogP contribution in [0.1, 0.15) is 52.7 Å². The van der Waals surface area contributed by atoms with E-state index >= 15 is 0 Å². The summed E-state index contributed by atoms with van der Waals surface area (Å²) in [4.78, 5) is 0. The number of nitrogens with zero attached hydrogens (tertiary/aromatic N) is 2. The van der Waals surface area contributed by atoms with Crippen LogP contribution in [-0.4, -0.2) is 9.13 Å². The molecule has 72 heavy (non-hydrogen) atoms. The largest absolute Gasteiger partial charge is 0.309 e. The highest BCUT2D eigenvalue weighted by Crippen LogP contribution is 2.44. The van der Waals surface area contributed by atoms with Crippen LogP contribution in [0.25, 0.3) is 129 Å². The predicted molar refractivity (Wildman–Crippen MR) is 315 cm³/mol. The van der Waals surface area contributed by atoms with Gasteiger partial charge in [0.1, 0.15) is 0 Å². The molecule has 4 heterocycles. The van der Waals surface area contributed by atoms with Gasteiger partial charge in [-0.3, -0.25) is 0 Å². The molecule has 0 unspecified atom stereocenters. The van der Waals surface area contributed by atoms with Crippen LogP contribution in [-0.2, 0) is 10.8 Å². The number of aromatic nitrogens is 2. The maximum atomic E-state index is 2.46. The van der Waals surface area contributed by atoms with Crippen LogP contribution in [0.15, 0.2) is 206 Å². The minimum Gasteiger partial charge on any atom is -0.309 e. The lowest BCUT2D eigenvalue weighted by Gasteiger charge is -2.19. The molecule has 0 bridgehead atoms.